The van der Waals surface area contributed by atoms with Crippen LogP contribution in [-0.2, 0) is 0 Å². The summed E-state index contributed by atoms with van der Waals surface area (Å²) in [6, 6.07) is 8.59. The van der Waals surface area contributed by atoms with Crippen molar-refractivity contribution in [1.29, 1.82) is 0 Å². The Morgan fingerprint density at radius 3 is 2.38 bits per heavy atom. The molecule has 2 rings (SSSR count). The summed E-state index contributed by atoms with van der Waals surface area (Å²) in [6.07, 6.45) is 0.554. The van der Waals surface area contributed by atoms with E-state index in [1.54, 1.807) is 43.3 Å². The van der Waals surface area contributed by atoms with Gasteiger partial charge >= 0.3 is 0 Å². The van der Waals surface area contributed by atoms with Gasteiger partial charge in [-0.1, -0.05) is 46.4 Å². The number of nitrogens with zero attached hydrogens (tertiary/aromatic N) is 2. The zero-order chi connectivity index (χ0) is 18.1. The molecule has 1 unspecified atom stereocenters. The quantitative estimate of drug-likeness (QED) is 0.517. The highest BCUT2D eigenvalue weighted by atomic mass is 35.6. The van der Waals surface area contributed by atoms with Gasteiger partial charge in [-0.3, -0.25) is 4.79 Å². The van der Waals surface area contributed by atoms with E-state index >= 15 is 0 Å². The van der Waals surface area contributed by atoms with Gasteiger partial charge in [0.05, 0.1) is 6.26 Å². The van der Waals surface area contributed by atoms with Gasteiger partial charge in [0.2, 0.25) is 3.79 Å². The largest absolute Gasteiger partial charge is 0.459 e. The number of carbonyl (C=O) groups excluding carboxylic acids is 1. The van der Waals surface area contributed by atoms with E-state index in [9.17, 15) is 4.79 Å². The molecular formula is C16H16Cl4N2O2. The molecule has 0 aliphatic rings. The van der Waals surface area contributed by atoms with Crippen LogP contribution >= 0.6 is 46.4 Å². The minimum absolute atomic E-state index is 0.164. The Hall–Kier alpha value is -1.07. The fourth-order valence-electron chi connectivity index (χ4n) is 2.37. The van der Waals surface area contributed by atoms with Crippen molar-refractivity contribution >= 4 is 58.0 Å². The van der Waals surface area contributed by atoms with E-state index in [4.69, 9.17) is 50.8 Å². The van der Waals surface area contributed by atoms with Crippen LogP contribution in [0.3, 0.4) is 0 Å². The van der Waals surface area contributed by atoms with Crippen LogP contribution in [0.2, 0.25) is 5.02 Å². The first-order valence-electron chi connectivity index (χ1n) is 6.99. The van der Waals surface area contributed by atoms with Crippen molar-refractivity contribution in [1.82, 2.24) is 4.90 Å². The normalized spacial score (nSPS) is 12.8. The van der Waals surface area contributed by atoms with E-state index in [1.165, 1.54) is 11.2 Å². The summed E-state index contributed by atoms with van der Waals surface area (Å²) < 4.78 is 3.39. The molecular weight excluding hydrogens is 394 g/mol. The summed E-state index contributed by atoms with van der Waals surface area (Å²) in [6.45, 7) is 1.88. The molecule has 0 fully saturated rings. The van der Waals surface area contributed by atoms with Gasteiger partial charge in [-0.05, 0) is 42.8 Å². The summed E-state index contributed by atoms with van der Waals surface area (Å²) in [5.74, 6) is -0.230. The lowest BCUT2D eigenvalue weighted by molar-refractivity contribution is 0.0700. The number of amides is 1. The minimum Gasteiger partial charge on any atom is -0.459 e. The number of aryl methyl sites for hydroxylation is 1. The first-order chi connectivity index (χ1) is 11.1. The van der Waals surface area contributed by atoms with Crippen molar-refractivity contribution in [3.63, 3.8) is 0 Å². The maximum Gasteiger partial charge on any atom is 0.291 e. The summed E-state index contributed by atoms with van der Waals surface area (Å²) in [5, 5.41) is 0.637. The lowest BCUT2D eigenvalue weighted by Crippen LogP contribution is -2.55. The van der Waals surface area contributed by atoms with Crippen molar-refractivity contribution < 1.29 is 9.21 Å². The molecule has 24 heavy (non-hydrogen) atoms. The van der Waals surface area contributed by atoms with Gasteiger partial charge in [-0.25, -0.2) is 0 Å². The lowest BCUT2D eigenvalue weighted by atomic mass is 10.2. The van der Waals surface area contributed by atoms with Crippen LogP contribution in [0.1, 0.15) is 16.1 Å². The lowest BCUT2D eigenvalue weighted by Gasteiger charge is -2.40. The highest BCUT2D eigenvalue weighted by Crippen LogP contribution is 2.37. The zero-order valence-electron chi connectivity index (χ0n) is 13.3. The van der Waals surface area contributed by atoms with Gasteiger partial charge in [0.1, 0.15) is 0 Å². The van der Waals surface area contributed by atoms with Crippen LogP contribution in [-0.4, -0.2) is 34.9 Å². The monoisotopic (exact) mass is 408 g/mol. The first kappa shape index (κ1) is 19.3. The Kier molecular flexibility index (Phi) is 5.97. The van der Waals surface area contributed by atoms with E-state index < -0.39 is 15.9 Å². The Morgan fingerprint density at radius 1 is 1.21 bits per heavy atom. The molecule has 0 saturated carbocycles. The maximum atomic E-state index is 12.6. The van der Waals surface area contributed by atoms with Crippen LogP contribution < -0.4 is 4.90 Å². The van der Waals surface area contributed by atoms with E-state index in [1.807, 2.05) is 13.0 Å². The van der Waals surface area contributed by atoms with E-state index in [2.05, 4.69) is 0 Å². The predicted molar refractivity (Wildman–Crippen MR) is 99.5 cm³/mol. The van der Waals surface area contributed by atoms with Crippen molar-refractivity contribution in [3.05, 3.63) is 52.9 Å². The van der Waals surface area contributed by atoms with Crippen molar-refractivity contribution in [2.45, 2.75) is 16.9 Å². The third-order valence-corrected chi connectivity index (χ3v) is 4.64. The molecule has 1 aromatic heterocycles. The first-order valence-corrected chi connectivity index (χ1v) is 8.50. The maximum absolute atomic E-state index is 12.6. The standard InChI is InChI=1S/C16H16Cl4N2O2/c1-10-9-11(6-7-12(10)17)21(2)15(16(18,19)20)22(3)14(23)13-5-4-8-24-13/h4-9,15H,1-3H3. The summed E-state index contributed by atoms with van der Waals surface area (Å²) in [5.41, 5.74) is 1.64. The molecule has 0 N–H and O–H groups in total. The fourth-order valence-corrected chi connectivity index (χ4v) is 3.37. The average Bonchev–Trinajstić information content (AvgIpc) is 3.02. The Morgan fingerprint density at radius 2 is 1.88 bits per heavy atom. The van der Waals surface area contributed by atoms with Crippen LogP contribution in [0.25, 0.3) is 0 Å². The zero-order valence-corrected chi connectivity index (χ0v) is 16.3. The molecule has 2 aromatic rings. The Bertz CT molecular complexity index is 713. The summed E-state index contributed by atoms with van der Waals surface area (Å²) >= 11 is 24.5. The second-order valence-corrected chi connectivity index (χ2v) is 8.13. The molecule has 0 radical (unpaired) electrons. The molecule has 0 aliphatic heterocycles. The van der Waals surface area contributed by atoms with Crippen LogP contribution in [0.15, 0.2) is 41.0 Å². The highest BCUT2D eigenvalue weighted by Gasteiger charge is 2.42. The second-order valence-electron chi connectivity index (χ2n) is 5.35. The highest BCUT2D eigenvalue weighted by molar-refractivity contribution is 6.68. The number of benzene rings is 1. The number of halogens is 4. The van der Waals surface area contributed by atoms with E-state index in [0.29, 0.717) is 5.02 Å². The number of alkyl halides is 3. The van der Waals surface area contributed by atoms with Gasteiger partial charge in [0, 0.05) is 24.8 Å². The predicted octanol–water partition coefficient (Wildman–Crippen LogP) is 5.15. The Labute approximate surface area is 160 Å². The molecule has 0 spiro atoms. The van der Waals surface area contributed by atoms with Gasteiger partial charge in [0.25, 0.3) is 5.91 Å². The number of furan rings is 1. The average molecular weight is 410 g/mol. The summed E-state index contributed by atoms with van der Waals surface area (Å²) in [7, 11) is 3.29. The second kappa shape index (κ2) is 7.44. The molecule has 0 bridgehead atoms. The van der Waals surface area contributed by atoms with Gasteiger partial charge < -0.3 is 14.2 Å². The number of hydrogen-bond acceptors (Lipinski definition) is 3. The Balaban J connectivity index is 2.37. The fraction of sp³-hybridized carbons (Fsp3) is 0.312. The van der Waals surface area contributed by atoms with E-state index in [0.717, 1.165) is 11.3 Å². The van der Waals surface area contributed by atoms with E-state index in [-0.39, 0.29) is 5.76 Å². The van der Waals surface area contributed by atoms with Crippen LogP contribution in [0.5, 0.6) is 0 Å². The topological polar surface area (TPSA) is 36.7 Å². The molecule has 8 heteroatoms. The molecule has 0 aliphatic carbocycles. The number of carbonyl (C=O) groups is 1. The smallest absolute Gasteiger partial charge is 0.291 e. The molecule has 130 valence electrons. The van der Waals surface area contributed by atoms with Crippen molar-refractivity contribution in [3.8, 4) is 0 Å². The van der Waals surface area contributed by atoms with Crippen LogP contribution in [0.4, 0.5) is 5.69 Å². The summed E-state index contributed by atoms with van der Waals surface area (Å²) in [4.78, 5) is 15.6. The van der Waals surface area contributed by atoms with Crippen molar-refractivity contribution in [2.24, 2.45) is 0 Å². The molecule has 4 nitrogen and oxygen atoms in total. The molecule has 1 heterocycles. The van der Waals surface area contributed by atoms with Gasteiger partial charge in [-0.2, -0.15) is 0 Å². The number of hydrogen-bond donors (Lipinski definition) is 0. The SMILES string of the molecule is Cc1cc(N(C)C(N(C)C(=O)c2ccco2)C(Cl)(Cl)Cl)ccc1Cl. The molecule has 1 amide bonds. The minimum atomic E-state index is -1.75. The molecule has 1 aromatic carbocycles. The van der Waals surface area contributed by atoms with Gasteiger partial charge in [0.15, 0.2) is 11.9 Å². The number of anilines is 1. The number of rotatable bonds is 4. The van der Waals surface area contributed by atoms with Gasteiger partial charge in [-0.15, -0.1) is 0 Å². The third-order valence-electron chi connectivity index (χ3n) is 3.63. The van der Waals surface area contributed by atoms with Crippen molar-refractivity contribution in [2.75, 3.05) is 19.0 Å². The molecule has 1 atom stereocenters. The third kappa shape index (κ3) is 4.12. The van der Waals surface area contributed by atoms with Crippen LogP contribution in [0, 0.1) is 6.92 Å². The molecule has 0 saturated heterocycles.